The average molecular weight is 189 g/mol. The van der Waals surface area contributed by atoms with Crippen LogP contribution < -0.4 is 0 Å². The summed E-state index contributed by atoms with van der Waals surface area (Å²) in [4.78, 5) is 13.4. The van der Waals surface area contributed by atoms with Gasteiger partial charge in [-0.2, -0.15) is 0 Å². The highest BCUT2D eigenvalue weighted by atomic mass is 32.2. The fourth-order valence-corrected chi connectivity index (χ4v) is 1.50. The standard InChI is InChI=1S/C5H7N3O3S/c1-7-4(8(9)10)3-6-5(7)12(2)11/h3H,1-2H3. The zero-order chi connectivity index (χ0) is 9.30. The van der Waals surface area contributed by atoms with Gasteiger partial charge in [0.25, 0.3) is 5.16 Å². The molecule has 0 spiro atoms. The number of nitro groups is 1. The Labute approximate surface area is 70.8 Å². The Morgan fingerprint density at radius 1 is 1.75 bits per heavy atom. The number of hydrogen-bond donors (Lipinski definition) is 0. The maximum atomic E-state index is 10.9. The molecule has 0 amide bonds. The number of rotatable bonds is 2. The van der Waals surface area contributed by atoms with Gasteiger partial charge in [0.1, 0.15) is 17.0 Å². The molecule has 0 radical (unpaired) electrons. The molecule has 1 atom stereocenters. The van der Waals surface area contributed by atoms with Gasteiger partial charge in [0, 0.05) is 6.26 Å². The van der Waals surface area contributed by atoms with Crippen LogP contribution in [0.5, 0.6) is 0 Å². The molecule has 0 aliphatic carbocycles. The van der Waals surface area contributed by atoms with Crippen LogP contribution in [-0.4, -0.2) is 24.9 Å². The van der Waals surface area contributed by atoms with Crippen LogP contribution in [0, 0.1) is 10.1 Å². The second-order valence-electron chi connectivity index (χ2n) is 2.17. The molecule has 1 aromatic rings. The molecule has 0 saturated heterocycles. The Balaban J connectivity index is 3.22. The third-order valence-electron chi connectivity index (χ3n) is 1.37. The van der Waals surface area contributed by atoms with Crippen LogP contribution in [0.1, 0.15) is 0 Å². The molecule has 0 fully saturated rings. The summed E-state index contributed by atoms with van der Waals surface area (Å²) in [6.07, 6.45) is 2.52. The van der Waals surface area contributed by atoms with Crippen LogP contribution in [0.25, 0.3) is 0 Å². The molecular weight excluding hydrogens is 182 g/mol. The van der Waals surface area contributed by atoms with Crippen molar-refractivity contribution in [3.05, 3.63) is 16.3 Å². The van der Waals surface area contributed by atoms with E-state index < -0.39 is 15.7 Å². The summed E-state index contributed by atoms with van der Waals surface area (Å²) in [5, 5.41) is 10.5. The first-order valence-corrected chi connectivity index (χ1v) is 4.59. The van der Waals surface area contributed by atoms with Crippen molar-refractivity contribution in [2.45, 2.75) is 5.16 Å². The van der Waals surface area contributed by atoms with E-state index in [1.807, 2.05) is 0 Å². The summed E-state index contributed by atoms with van der Waals surface area (Å²) in [5.74, 6) is -0.153. The molecule has 6 nitrogen and oxygen atoms in total. The fraction of sp³-hybridized carbons (Fsp3) is 0.400. The van der Waals surface area contributed by atoms with Crippen molar-refractivity contribution in [3.63, 3.8) is 0 Å². The minimum Gasteiger partial charge on any atom is -0.358 e. The third-order valence-corrected chi connectivity index (χ3v) is 2.26. The molecule has 1 aromatic heterocycles. The highest BCUT2D eigenvalue weighted by molar-refractivity contribution is 7.84. The minimum absolute atomic E-state index is 0.153. The first kappa shape index (κ1) is 8.85. The predicted octanol–water partition coefficient (Wildman–Crippen LogP) is 0.0657. The van der Waals surface area contributed by atoms with E-state index in [1.54, 1.807) is 0 Å². The normalized spacial score (nSPS) is 12.8. The van der Waals surface area contributed by atoms with Gasteiger partial charge < -0.3 is 10.1 Å². The van der Waals surface area contributed by atoms with Crippen molar-refractivity contribution in [1.82, 2.24) is 9.55 Å². The molecular formula is C5H7N3O3S. The smallest absolute Gasteiger partial charge is 0.343 e. The van der Waals surface area contributed by atoms with E-state index in [9.17, 15) is 14.3 Å². The second kappa shape index (κ2) is 3.02. The molecule has 0 aromatic carbocycles. The molecule has 66 valence electrons. The van der Waals surface area contributed by atoms with Crippen molar-refractivity contribution >= 4 is 16.6 Å². The molecule has 0 saturated carbocycles. The molecule has 7 heteroatoms. The maximum absolute atomic E-state index is 10.9. The molecule has 1 rings (SSSR count). The molecule has 0 bridgehead atoms. The van der Waals surface area contributed by atoms with E-state index >= 15 is 0 Å². The Morgan fingerprint density at radius 3 is 2.58 bits per heavy atom. The van der Waals surface area contributed by atoms with Crippen molar-refractivity contribution in [3.8, 4) is 0 Å². The first-order chi connectivity index (χ1) is 5.54. The van der Waals surface area contributed by atoms with E-state index in [2.05, 4.69) is 4.98 Å². The Morgan fingerprint density at radius 2 is 2.33 bits per heavy atom. The van der Waals surface area contributed by atoms with Gasteiger partial charge in [0.2, 0.25) is 0 Å². The SMILES string of the molecule is Cn1c([N+](=O)[O-])cnc1S(C)=O. The highest BCUT2D eigenvalue weighted by Crippen LogP contribution is 2.13. The molecule has 0 N–H and O–H groups in total. The van der Waals surface area contributed by atoms with Gasteiger partial charge >= 0.3 is 5.82 Å². The monoisotopic (exact) mass is 189 g/mol. The van der Waals surface area contributed by atoms with E-state index in [0.29, 0.717) is 0 Å². The first-order valence-electron chi connectivity index (χ1n) is 3.03. The molecule has 12 heavy (non-hydrogen) atoms. The summed E-state index contributed by atoms with van der Waals surface area (Å²) in [5.41, 5.74) is 0. The lowest BCUT2D eigenvalue weighted by Gasteiger charge is -1.94. The van der Waals surface area contributed by atoms with Gasteiger partial charge in [-0.15, -0.1) is 0 Å². The molecule has 1 unspecified atom stereocenters. The summed E-state index contributed by atoms with van der Waals surface area (Å²) in [6, 6.07) is 0. The zero-order valence-corrected chi connectivity index (χ0v) is 7.37. The lowest BCUT2D eigenvalue weighted by molar-refractivity contribution is -0.392. The van der Waals surface area contributed by atoms with E-state index in [1.165, 1.54) is 17.9 Å². The Hall–Kier alpha value is -1.24. The summed E-state index contributed by atoms with van der Waals surface area (Å²) in [7, 11) is 0.171. The van der Waals surface area contributed by atoms with Crippen LogP contribution in [0.4, 0.5) is 5.82 Å². The zero-order valence-electron chi connectivity index (χ0n) is 6.55. The van der Waals surface area contributed by atoms with Crippen molar-refractivity contribution in [1.29, 1.82) is 0 Å². The summed E-state index contributed by atoms with van der Waals surface area (Å²) < 4.78 is 12.1. The largest absolute Gasteiger partial charge is 0.358 e. The third kappa shape index (κ3) is 1.35. The van der Waals surface area contributed by atoms with Gasteiger partial charge in [-0.3, -0.25) is 0 Å². The van der Waals surface area contributed by atoms with Gasteiger partial charge in [0.15, 0.2) is 0 Å². The maximum Gasteiger partial charge on any atom is 0.343 e. The number of hydrogen-bond acceptors (Lipinski definition) is 4. The summed E-state index contributed by atoms with van der Waals surface area (Å²) >= 11 is 0. The predicted molar refractivity (Wildman–Crippen MR) is 42.2 cm³/mol. The summed E-state index contributed by atoms with van der Waals surface area (Å²) in [6.45, 7) is 0. The minimum atomic E-state index is -1.29. The van der Waals surface area contributed by atoms with E-state index in [4.69, 9.17) is 0 Å². The molecule has 0 aliphatic heterocycles. The van der Waals surface area contributed by atoms with Crippen LogP contribution in [0.3, 0.4) is 0 Å². The molecule has 0 aliphatic rings. The van der Waals surface area contributed by atoms with Gasteiger partial charge in [-0.1, -0.05) is 0 Å². The Bertz CT molecular complexity index is 314. The number of imidazole rings is 1. The van der Waals surface area contributed by atoms with Crippen LogP contribution >= 0.6 is 0 Å². The van der Waals surface area contributed by atoms with Crippen LogP contribution in [0.15, 0.2) is 11.4 Å². The quantitative estimate of drug-likeness (QED) is 0.487. The van der Waals surface area contributed by atoms with Crippen molar-refractivity contribution < 1.29 is 9.13 Å². The lowest BCUT2D eigenvalue weighted by Crippen LogP contribution is -2.02. The van der Waals surface area contributed by atoms with Crippen LogP contribution in [-0.2, 0) is 17.8 Å². The number of nitrogens with zero attached hydrogens (tertiary/aromatic N) is 3. The average Bonchev–Trinajstić information content (AvgIpc) is 2.30. The van der Waals surface area contributed by atoms with Gasteiger partial charge in [-0.25, -0.2) is 13.8 Å². The van der Waals surface area contributed by atoms with Gasteiger partial charge in [-0.05, 0) is 4.92 Å². The van der Waals surface area contributed by atoms with Crippen molar-refractivity contribution in [2.24, 2.45) is 7.05 Å². The highest BCUT2D eigenvalue weighted by Gasteiger charge is 2.18. The van der Waals surface area contributed by atoms with E-state index in [-0.39, 0.29) is 11.0 Å². The van der Waals surface area contributed by atoms with Crippen molar-refractivity contribution in [2.75, 3.05) is 6.26 Å². The van der Waals surface area contributed by atoms with E-state index in [0.717, 1.165) is 6.20 Å². The number of aromatic nitrogens is 2. The Kier molecular flexibility index (Phi) is 2.22. The lowest BCUT2D eigenvalue weighted by atomic mass is 10.8. The van der Waals surface area contributed by atoms with Crippen LogP contribution in [0.2, 0.25) is 0 Å². The fourth-order valence-electron chi connectivity index (χ4n) is 0.821. The second-order valence-corrected chi connectivity index (χ2v) is 3.44. The topological polar surface area (TPSA) is 78.0 Å². The molecule has 1 heterocycles. The van der Waals surface area contributed by atoms with Gasteiger partial charge in [0.05, 0.1) is 7.05 Å².